The van der Waals surface area contributed by atoms with E-state index in [4.69, 9.17) is 0 Å². The van der Waals surface area contributed by atoms with Crippen LogP contribution < -0.4 is 0 Å². The number of amides is 2. The third kappa shape index (κ3) is 3.41. The van der Waals surface area contributed by atoms with Gasteiger partial charge in [-0.2, -0.15) is 0 Å². The van der Waals surface area contributed by atoms with Gasteiger partial charge in [0.05, 0.1) is 5.92 Å². The van der Waals surface area contributed by atoms with Gasteiger partial charge in [0.1, 0.15) is 11.6 Å². The second-order valence-corrected chi connectivity index (χ2v) is 8.43. The lowest BCUT2D eigenvalue weighted by atomic mass is 10.1. The van der Waals surface area contributed by atoms with E-state index >= 15 is 0 Å². The standard InChI is InChI=1S/C18H29N5O2/c1-12(2)16-20-19-14-6-7-21(8-9-22(14)16)17(25)13-10-15(24)23(11-13)18(3,4)5/h12-13H,6-11H2,1-5H3/t13-/m1/s1. The fraction of sp³-hybridized carbons (Fsp3) is 0.778. The summed E-state index contributed by atoms with van der Waals surface area (Å²) in [5.74, 6) is 2.22. The zero-order valence-electron chi connectivity index (χ0n) is 15.9. The number of carbonyl (C=O) groups is 2. The van der Waals surface area contributed by atoms with Crippen LogP contribution in [0.5, 0.6) is 0 Å². The molecule has 3 heterocycles. The van der Waals surface area contributed by atoms with Crippen LogP contribution in [0.15, 0.2) is 0 Å². The molecule has 7 nitrogen and oxygen atoms in total. The van der Waals surface area contributed by atoms with E-state index in [0.29, 0.717) is 32.0 Å². The molecule has 1 saturated heterocycles. The number of fused-ring (bicyclic) bond motifs is 1. The lowest BCUT2D eigenvalue weighted by molar-refractivity contribution is -0.136. The van der Waals surface area contributed by atoms with Crippen molar-refractivity contribution < 1.29 is 9.59 Å². The average molecular weight is 347 g/mol. The van der Waals surface area contributed by atoms with Crippen LogP contribution in [0.4, 0.5) is 0 Å². The minimum Gasteiger partial charge on any atom is -0.340 e. The van der Waals surface area contributed by atoms with Crippen molar-refractivity contribution in [2.45, 2.75) is 65.5 Å². The van der Waals surface area contributed by atoms with Crippen molar-refractivity contribution in [2.75, 3.05) is 19.6 Å². The summed E-state index contributed by atoms with van der Waals surface area (Å²) in [6.07, 6.45) is 1.05. The van der Waals surface area contributed by atoms with Crippen molar-refractivity contribution in [3.63, 3.8) is 0 Å². The largest absolute Gasteiger partial charge is 0.340 e. The highest BCUT2D eigenvalue weighted by Crippen LogP contribution is 2.27. The predicted molar refractivity (Wildman–Crippen MR) is 94.0 cm³/mol. The molecular formula is C18H29N5O2. The van der Waals surface area contributed by atoms with Crippen molar-refractivity contribution in [3.8, 4) is 0 Å². The van der Waals surface area contributed by atoms with E-state index in [-0.39, 0.29) is 23.3 Å². The van der Waals surface area contributed by atoms with Gasteiger partial charge in [-0.1, -0.05) is 13.8 Å². The summed E-state index contributed by atoms with van der Waals surface area (Å²) in [7, 11) is 0. The molecule has 0 bridgehead atoms. The summed E-state index contributed by atoms with van der Waals surface area (Å²) in [5, 5.41) is 8.59. The smallest absolute Gasteiger partial charge is 0.228 e. The van der Waals surface area contributed by atoms with Gasteiger partial charge in [-0.15, -0.1) is 10.2 Å². The minimum absolute atomic E-state index is 0.0832. The molecule has 2 aliphatic heterocycles. The molecule has 1 aromatic heterocycles. The molecule has 138 valence electrons. The number of rotatable bonds is 2. The van der Waals surface area contributed by atoms with Gasteiger partial charge in [-0.3, -0.25) is 9.59 Å². The topological polar surface area (TPSA) is 71.3 Å². The summed E-state index contributed by atoms with van der Waals surface area (Å²) >= 11 is 0. The van der Waals surface area contributed by atoms with Crippen molar-refractivity contribution >= 4 is 11.8 Å². The molecule has 0 aliphatic carbocycles. The average Bonchev–Trinajstić information content (AvgIpc) is 3.04. The lowest BCUT2D eigenvalue weighted by Gasteiger charge is -2.32. The zero-order valence-corrected chi connectivity index (χ0v) is 15.9. The monoisotopic (exact) mass is 347 g/mol. The second kappa shape index (κ2) is 6.42. The number of likely N-dealkylation sites (tertiary alicyclic amines) is 1. The summed E-state index contributed by atoms with van der Waals surface area (Å²) in [4.78, 5) is 29.0. The molecule has 0 radical (unpaired) electrons. The highest BCUT2D eigenvalue weighted by atomic mass is 16.2. The Morgan fingerprint density at radius 1 is 1.16 bits per heavy atom. The van der Waals surface area contributed by atoms with Crippen molar-refractivity contribution in [2.24, 2.45) is 5.92 Å². The number of nitrogens with zero attached hydrogens (tertiary/aromatic N) is 5. The molecule has 1 fully saturated rings. The van der Waals surface area contributed by atoms with Gasteiger partial charge in [0, 0.05) is 50.5 Å². The number of hydrogen-bond donors (Lipinski definition) is 0. The molecule has 25 heavy (non-hydrogen) atoms. The molecule has 0 saturated carbocycles. The van der Waals surface area contributed by atoms with E-state index < -0.39 is 0 Å². The van der Waals surface area contributed by atoms with Crippen molar-refractivity contribution in [1.29, 1.82) is 0 Å². The molecule has 2 amide bonds. The van der Waals surface area contributed by atoms with E-state index in [9.17, 15) is 9.59 Å². The fourth-order valence-corrected chi connectivity index (χ4v) is 3.77. The molecule has 0 aromatic carbocycles. The van der Waals surface area contributed by atoms with Crippen molar-refractivity contribution in [3.05, 3.63) is 11.6 Å². The van der Waals surface area contributed by atoms with Crippen LogP contribution in [-0.4, -0.2) is 61.6 Å². The van der Waals surface area contributed by atoms with Crippen LogP contribution in [0.2, 0.25) is 0 Å². The molecular weight excluding hydrogens is 318 g/mol. The Bertz CT molecular complexity index is 673. The van der Waals surface area contributed by atoms with Crippen LogP contribution in [0.1, 0.15) is 58.6 Å². The highest BCUT2D eigenvalue weighted by molar-refractivity contribution is 5.89. The quantitative estimate of drug-likeness (QED) is 0.811. The maximum absolute atomic E-state index is 13.0. The van der Waals surface area contributed by atoms with Gasteiger partial charge in [-0.25, -0.2) is 0 Å². The van der Waals surface area contributed by atoms with E-state index in [2.05, 4.69) is 28.6 Å². The second-order valence-electron chi connectivity index (χ2n) is 8.43. The number of hydrogen-bond acceptors (Lipinski definition) is 4. The molecule has 2 aliphatic rings. The first-order chi connectivity index (χ1) is 11.7. The summed E-state index contributed by atoms with van der Waals surface area (Å²) < 4.78 is 2.15. The van der Waals surface area contributed by atoms with Gasteiger partial charge in [0.15, 0.2) is 0 Å². The van der Waals surface area contributed by atoms with Gasteiger partial charge in [0.25, 0.3) is 0 Å². The van der Waals surface area contributed by atoms with E-state index in [1.54, 1.807) is 0 Å². The lowest BCUT2D eigenvalue weighted by Crippen LogP contribution is -2.44. The first-order valence-corrected chi connectivity index (χ1v) is 9.19. The van der Waals surface area contributed by atoms with Crippen LogP contribution in [0.3, 0.4) is 0 Å². The number of aromatic nitrogens is 3. The van der Waals surface area contributed by atoms with E-state index in [1.165, 1.54) is 0 Å². The summed E-state index contributed by atoms with van der Waals surface area (Å²) in [6, 6.07) is 0. The zero-order chi connectivity index (χ0) is 18.4. The molecule has 3 rings (SSSR count). The Labute approximate surface area is 149 Å². The Balaban J connectivity index is 1.68. The Hall–Kier alpha value is -1.92. The van der Waals surface area contributed by atoms with Crippen LogP contribution >= 0.6 is 0 Å². The van der Waals surface area contributed by atoms with Gasteiger partial charge < -0.3 is 14.4 Å². The van der Waals surface area contributed by atoms with Crippen molar-refractivity contribution in [1.82, 2.24) is 24.6 Å². The third-order valence-corrected chi connectivity index (χ3v) is 5.17. The molecule has 7 heteroatoms. The van der Waals surface area contributed by atoms with Crippen LogP contribution in [-0.2, 0) is 22.6 Å². The maximum atomic E-state index is 13.0. The Morgan fingerprint density at radius 3 is 2.48 bits per heavy atom. The summed E-state index contributed by atoms with van der Waals surface area (Å²) in [6.45, 7) is 12.8. The Kier molecular flexibility index (Phi) is 4.60. The minimum atomic E-state index is -0.231. The van der Waals surface area contributed by atoms with Gasteiger partial charge >= 0.3 is 0 Å². The first kappa shape index (κ1) is 17.9. The van der Waals surface area contributed by atoms with Crippen LogP contribution in [0.25, 0.3) is 0 Å². The fourth-order valence-electron chi connectivity index (χ4n) is 3.77. The third-order valence-electron chi connectivity index (χ3n) is 5.17. The predicted octanol–water partition coefficient (Wildman–Crippen LogP) is 1.43. The van der Waals surface area contributed by atoms with E-state index in [1.807, 2.05) is 30.6 Å². The molecule has 0 unspecified atom stereocenters. The Morgan fingerprint density at radius 2 is 1.88 bits per heavy atom. The molecule has 0 spiro atoms. The maximum Gasteiger partial charge on any atom is 0.228 e. The molecule has 1 aromatic rings. The molecule has 0 N–H and O–H groups in total. The first-order valence-electron chi connectivity index (χ1n) is 9.19. The van der Waals surface area contributed by atoms with Gasteiger partial charge in [-0.05, 0) is 20.8 Å². The SMILES string of the molecule is CC(C)c1nnc2n1CCN(C(=O)[C@@H]1CC(=O)N(C(C)(C)C)C1)CC2. The van der Waals surface area contributed by atoms with Crippen LogP contribution in [0, 0.1) is 5.92 Å². The normalized spacial score (nSPS) is 21.7. The number of carbonyl (C=O) groups excluding carboxylic acids is 2. The van der Waals surface area contributed by atoms with Gasteiger partial charge in [0.2, 0.25) is 11.8 Å². The van der Waals surface area contributed by atoms with E-state index in [0.717, 1.165) is 24.6 Å². The molecule has 1 atom stereocenters. The highest BCUT2D eigenvalue weighted by Gasteiger charge is 2.41. The summed E-state index contributed by atoms with van der Waals surface area (Å²) in [5.41, 5.74) is -0.231.